The monoisotopic (exact) mass is 394 g/mol. The van der Waals surface area contributed by atoms with Crippen LogP contribution in [-0.2, 0) is 6.42 Å². The Kier molecular flexibility index (Phi) is 8.24. The van der Waals surface area contributed by atoms with Gasteiger partial charge in [0.25, 0.3) is 0 Å². The van der Waals surface area contributed by atoms with Gasteiger partial charge < -0.3 is 0 Å². The van der Waals surface area contributed by atoms with Gasteiger partial charge in [-0.05, 0) is 65.7 Å². The lowest BCUT2D eigenvalue weighted by Crippen LogP contribution is -2.27. The molecule has 1 heterocycles. The van der Waals surface area contributed by atoms with Crippen molar-refractivity contribution in [3.63, 3.8) is 0 Å². The van der Waals surface area contributed by atoms with Crippen LogP contribution in [0.5, 0.6) is 0 Å². The van der Waals surface area contributed by atoms with E-state index in [1.54, 1.807) is 6.07 Å². The van der Waals surface area contributed by atoms with E-state index in [1.165, 1.54) is 68.4 Å². The Morgan fingerprint density at radius 2 is 1.69 bits per heavy atom. The van der Waals surface area contributed by atoms with E-state index in [2.05, 4.69) is 36.5 Å². The number of rotatable bonds is 7. The molecule has 2 fully saturated rings. The van der Waals surface area contributed by atoms with Crippen molar-refractivity contribution < 1.29 is 4.39 Å². The summed E-state index contributed by atoms with van der Waals surface area (Å²) in [5.41, 5.74) is 2.01. The van der Waals surface area contributed by atoms with Crippen LogP contribution in [0.4, 0.5) is 4.39 Å². The van der Waals surface area contributed by atoms with E-state index in [0.717, 1.165) is 29.7 Å². The highest BCUT2D eigenvalue weighted by molar-refractivity contribution is 8.16. The summed E-state index contributed by atoms with van der Waals surface area (Å²) in [5.74, 6) is 5.33. The number of thioether (sulfide) groups is 2. The average molecular weight is 395 g/mol. The third-order valence-electron chi connectivity index (χ3n) is 6.43. The minimum Gasteiger partial charge on any atom is -0.207 e. The standard InChI is InChI=1S/C23H35FS2/c1-3-5-6-7-17-8-10-19(11-9-17)21-15-25-23(26-16-21)20-13-12-18(4-2)22(24)14-20/h12-14,17,19,21,23H,3-11,15-16H2,1-2H3/t17?,19?,21-,23-. The molecule has 0 bridgehead atoms. The predicted molar refractivity (Wildman–Crippen MR) is 117 cm³/mol. The Labute approximate surface area is 168 Å². The van der Waals surface area contributed by atoms with Gasteiger partial charge in [-0.15, -0.1) is 23.5 Å². The fourth-order valence-corrected chi connectivity index (χ4v) is 7.92. The Morgan fingerprint density at radius 1 is 0.962 bits per heavy atom. The number of hydrogen-bond acceptors (Lipinski definition) is 2. The summed E-state index contributed by atoms with van der Waals surface area (Å²) < 4.78 is 14.5. The zero-order valence-corrected chi connectivity index (χ0v) is 18.1. The van der Waals surface area contributed by atoms with E-state index in [0.29, 0.717) is 4.58 Å². The summed E-state index contributed by atoms with van der Waals surface area (Å²) in [6.07, 6.45) is 12.3. The maximum Gasteiger partial charge on any atom is 0.126 e. The van der Waals surface area contributed by atoms with E-state index in [-0.39, 0.29) is 5.82 Å². The Hall–Kier alpha value is -0.150. The van der Waals surface area contributed by atoms with E-state index in [9.17, 15) is 4.39 Å². The Morgan fingerprint density at radius 3 is 2.31 bits per heavy atom. The van der Waals surface area contributed by atoms with Crippen LogP contribution in [0.25, 0.3) is 0 Å². The molecule has 0 N–H and O–H groups in total. The average Bonchev–Trinajstić information content (AvgIpc) is 2.69. The van der Waals surface area contributed by atoms with Crippen molar-refractivity contribution >= 4 is 23.5 Å². The van der Waals surface area contributed by atoms with Crippen molar-refractivity contribution in [2.45, 2.75) is 76.2 Å². The number of halogens is 1. The molecule has 0 aromatic heterocycles. The van der Waals surface area contributed by atoms with Gasteiger partial charge >= 0.3 is 0 Å². The van der Waals surface area contributed by atoms with Gasteiger partial charge in [-0.2, -0.15) is 0 Å². The summed E-state index contributed by atoms with van der Waals surface area (Å²) in [5, 5.41) is 0. The quantitative estimate of drug-likeness (QED) is 0.431. The maximum atomic E-state index is 14.1. The minimum absolute atomic E-state index is 0.0188. The lowest BCUT2D eigenvalue weighted by molar-refractivity contribution is 0.218. The number of benzene rings is 1. The minimum atomic E-state index is -0.0188. The molecule has 3 heteroatoms. The molecule has 0 radical (unpaired) electrons. The van der Waals surface area contributed by atoms with E-state index in [1.807, 2.05) is 13.0 Å². The zero-order valence-electron chi connectivity index (χ0n) is 16.5. The molecular formula is C23H35FS2. The largest absolute Gasteiger partial charge is 0.207 e. The van der Waals surface area contributed by atoms with Crippen molar-refractivity contribution in [1.82, 2.24) is 0 Å². The van der Waals surface area contributed by atoms with Crippen molar-refractivity contribution in [1.29, 1.82) is 0 Å². The molecule has 146 valence electrons. The summed E-state index contributed by atoms with van der Waals surface area (Å²) in [6, 6.07) is 5.91. The van der Waals surface area contributed by atoms with Crippen LogP contribution in [-0.4, -0.2) is 11.5 Å². The molecule has 0 unspecified atom stereocenters. The molecule has 0 nitrogen and oxygen atoms in total. The summed E-state index contributed by atoms with van der Waals surface area (Å²) >= 11 is 4.11. The van der Waals surface area contributed by atoms with Crippen LogP contribution < -0.4 is 0 Å². The van der Waals surface area contributed by atoms with Gasteiger partial charge in [-0.25, -0.2) is 4.39 Å². The first-order valence-electron chi connectivity index (χ1n) is 10.7. The predicted octanol–water partition coefficient (Wildman–Crippen LogP) is 7.87. The molecule has 0 amide bonds. The zero-order chi connectivity index (χ0) is 18.4. The third kappa shape index (κ3) is 5.44. The lowest BCUT2D eigenvalue weighted by Gasteiger charge is -2.37. The molecule has 1 aromatic carbocycles. The summed E-state index contributed by atoms with van der Waals surface area (Å²) in [7, 11) is 0. The van der Waals surface area contributed by atoms with Crippen LogP contribution in [0.3, 0.4) is 0 Å². The number of hydrogen-bond donors (Lipinski definition) is 0. The molecule has 1 aromatic rings. The first-order valence-corrected chi connectivity index (χ1v) is 12.8. The fraction of sp³-hybridized carbons (Fsp3) is 0.739. The van der Waals surface area contributed by atoms with Gasteiger partial charge in [-0.3, -0.25) is 0 Å². The van der Waals surface area contributed by atoms with Gasteiger partial charge in [0, 0.05) is 0 Å². The van der Waals surface area contributed by atoms with Crippen LogP contribution in [0, 0.1) is 23.6 Å². The van der Waals surface area contributed by atoms with E-state index < -0.39 is 0 Å². The molecule has 26 heavy (non-hydrogen) atoms. The molecule has 0 atom stereocenters. The van der Waals surface area contributed by atoms with Crippen molar-refractivity contribution in [2.24, 2.45) is 17.8 Å². The highest BCUT2D eigenvalue weighted by Crippen LogP contribution is 2.49. The van der Waals surface area contributed by atoms with Gasteiger partial charge in [0.05, 0.1) is 4.58 Å². The van der Waals surface area contributed by atoms with Crippen LogP contribution in [0.15, 0.2) is 18.2 Å². The van der Waals surface area contributed by atoms with Crippen molar-refractivity contribution in [3.05, 3.63) is 35.1 Å². The number of unbranched alkanes of at least 4 members (excludes halogenated alkanes) is 2. The van der Waals surface area contributed by atoms with Crippen LogP contribution >= 0.6 is 23.5 Å². The molecular weight excluding hydrogens is 359 g/mol. The van der Waals surface area contributed by atoms with Crippen LogP contribution in [0.2, 0.25) is 0 Å². The highest BCUT2D eigenvalue weighted by atomic mass is 32.2. The molecule has 1 saturated carbocycles. The van der Waals surface area contributed by atoms with E-state index >= 15 is 0 Å². The third-order valence-corrected chi connectivity index (χ3v) is 9.64. The topological polar surface area (TPSA) is 0 Å². The van der Waals surface area contributed by atoms with Gasteiger partial charge in [0.2, 0.25) is 0 Å². The molecule has 0 spiro atoms. The maximum absolute atomic E-state index is 14.1. The molecule has 1 saturated heterocycles. The Balaban J connectivity index is 1.43. The van der Waals surface area contributed by atoms with Gasteiger partial charge in [-0.1, -0.05) is 64.5 Å². The van der Waals surface area contributed by atoms with Crippen LogP contribution in [0.1, 0.15) is 80.9 Å². The second-order valence-corrected chi connectivity index (χ2v) is 10.8. The van der Waals surface area contributed by atoms with Crippen molar-refractivity contribution in [3.8, 4) is 0 Å². The highest BCUT2D eigenvalue weighted by Gasteiger charge is 2.32. The molecule has 1 aliphatic heterocycles. The molecule has 2 aliphatic rings. The fourth-order valence-electron chi connectivity index (χ4n) is 4.61. The number of aryl methyl sites for hydroxylation is 1. The van der Waals surface area contributed by atoms with Gasteiger partial charge in [0.15, 0.2) is 0 Å². The first-order chi connectivity index (χ1) is 12.7. The van der Waals surface area contributed by atoms with Crippen molar-refractivity contribution in [2.75, 3.05) is 11.5 Å². The summed E-state index contributed by atoms with van der Waals surface area (Å²) in [4.78, 5) is 0. The first kappa shape index (κ1) is 20.6. The van der Waals surface area contributed by atoms with E-state index in [4.69, 9.17) is 0 Å². The Bertz CT molecular complexity index is 543. The second-order valence-electron chi connectivity index (χ2n) is 8.24. The molecule has 3 rings (SSSR count). The normalized spacial score (nSPS) is 29.7. The lowest BCUT2D eigenvalue weighted by atomic mass is 9.75. The second kappa shape index (κ2) is 10.4. The SMILES string of the molecule is CCCCCC1CCC([C@H]2CS[C@H](c3ccc(CC)c(F)c3)SC2)CC1. The summed E-state index contributed by atoms with van der Waals surface area (Å²) in [6.45, 7) is 4.32. The molecule has 1 aliphatic carbocycles. The van der Waals surface area contributed by atoms with Gasteiger partial charge in [0.1, 0.15) is 5.82 Å². The smallest absolute Gasteiger partial charge is 0.126 e.